The Balaban J connectivity index is 0.00000228. The first-order valence-corrected chi connectivity index (χ1v) is 18.4. The van der Waals surface area contributed by atoms with Gasteiger partial charge in [-0.2, -0.15) is 0 Å². The zero-order chi connectivity index (χ0) is 36.8. The van der Waals surface area contributed by atoms with E-state index in [4.69, 9.17) is 19.5 Å². The number of benzene rings is 3. The highest BCUT2D eigenvalue weighted by atomic mass is 31.0. The summed E-state index contributed by atoms with van der Waals surface area (Å²) in [5.74, 6) is 2.50. The standard InChI is InChI=1S/C42H38BFN3O2P.C2H6/c1-5-12-30(13-6-2)38-34-23-19-29-18-21-31(48-3)22-24-33(29)40(34)47(43(44)50)42(38)46-41-35(27-14-8-7-9-15-27)26-36(45-41)39-32-17-11-10-16-28(32)20-25-37(39)49-4;1-2/h5-17,20-22,24-26H,1,18-19,23,50H2,2-4H3;1-2H3/b13-6-,30-12+,46-41-;. The van der Waals surface area contributed by atoms with Crippen LogP contribution in [0.15, 0.2) is 143 Å². The Labute approximate surface area is 309 Å². The topological polar surface area (TPSA) is 48.1 Å². The Morgan fingerprint density at radius 3 is 2.48 bits per heavy atom. The number of rotatable bonds is 9. The highest BCUT2D eigenvalue weighted by molar-refractivity contribution is 7.59. The maximum Gasteiger partial charge on any atom is 0.486 e. The van der Waals surface area contributed by atoms with Crippen LogP contribution in [0.2, 0.25) is 0 Å². The van der Waals surface area contributed by atoms with Gasteiger partial charge in [0.2, 0.25) is 0 Å². The lowest BCUT2D eigenvalue weighted by Crippen LogP contribution is -2.16. The number of fused-ring (bicyclic) bond motifs is 3. The first-order valence-electron chi connectivity index (χ1n) is 17.8. The van der Waals surface area contributed by atoms with Crippen molar-refractivity contribution < 1.29 is 13.8 Å². The molecule has 0 N–H and O–H groups in total. The number of allylic oxidation sites excluding steroid dienone is 11. The molecule has 0 saturated carbocycles. The summed E-state index contributed by atoms with van der Waals surface area (Å²) >= 11 is 0. The molecule has 0 amide bonds. The van der Waals surface area contributed by atoms with E-state index >= 15 is 4.32 Å². The van der Waals surface area contributed by atoms with E-state index in [2.05, 4.69) is 64.3 Å². The third kappa shape index (κ3) is 6.86. The molecule has 5 nitrogen and oxygen atoms in total. The molecule has 7 rings (SSSR count). The van der Waals surface area contributed by atoms with Crippen molar-refractivity contribution in [2.75, 3.05) is 14.2 Å². The van der Waals surface area contributed by atoms with Crippen molar-refractivity contribution >= 4 is 60.8 Å². The van der Waals surface area contributed by atoms with Gasteiger partial charge in [-0.3, -0.25) is 4.32 Å². The van der Waals surface area contributed by atoms with Gasteiger partial charge in [-0.1, -0.05) is 111 Å². The van der Waals surface area contributed by atoms with Crippen LogP contribution in [0.5, 0.6) is 5.75 Å². The summed E-state index contributed by atoms with van der Waals surface area (Å²) in [4.78, 5) is 10.6. The average molecular weight is 708 g/mol. The molecule has 262 valence electrons. The number of hydrogen-bond acceptors (Lipinski definition) is 3. The van der Waals surface area contributed by atoms with Crippen molar-refractivity contribution in [3.8, 4) is 5.75 Å². The van der Waals surface area contributed by atoms with Crippen LogP contribution < -0.4 is 4.74 Å². The van der Waals surface area contributed by atoms with Gasteiger partial charge in [-0.15, -0.1) is 9.12 Å². The fourth-order valence-corrected chi connectivity index (χ4v) is 7.47. The summed E-state index contributed by atoms with van der Waals surface area (Å²) in [6.45, 7) is 8.53. The number of ether oxygens (including phenoxy) is 2. The van der Waals surface area contributed by atoms with Crippen LogP contribution in [0.3, 0.4) is 0 Å². The minimum Gasteiger partial charge on any atom is -0.497 e. The quantitative estimate of drug-likeness (QED) is 0.0988. The normalized spacial score (nSPS) is 16.1. The molecule has 4 aromatic rings. The van der Waals surface area contributed by atoms with Gasteiger partial charge in [0.05, 0.1) is 25.5 Å². The summed E-state index contributed by atoms with van der Waals surface area (Å²) < 4.78 is 29.5. The third-order valence-electron chi connectivity index (χ3n) is 9.38. The first kappa shape index (κ1) is 36.5. The number of amidine groups is 1. The Hall–Kier alpha value is -5.26. The van der Waals surface area contributed by atoms with Gasteiger partial charge in [-0.05, 0) is 89.6 Å². The fourth-order valence-electron chi connectivity index (χ4n) is 7.18. The molecule has 2 aliphatic carbocycles. The van der Waals surface area contributed by atoms with Crippen LogP contribution in [-0.2, 0) is 11.2 Å². The van der Waals surface area contributed by atoms with Crippen molar-refractivity contribution in [1.29, 1.82) is 0 Å². The maximum absolute atomic E-state index is 16.3. The monoisotopic (exact) mass is 707 g/mol. The number of halogens is 1. The summed E-state index contributed by atoms with van der Waals surface area (Å²) in [7, 11) is 5.71. The minimum atomic E-state index is -1.46. The van der Waals surface area contributed by atoms with Crippen molar-refractivity contribution in [3.05, 3.63) is 161 Å². The van der Waals surface area contributed by atoms with Crippen LogP contribution in [0, 0.1) is 0 Å². The highest BCUT2D eigenvalue weighted by Crippen LogP contribution is 2.47. The third-order valence-corrected chi connectivity index (χ3v) is 9.68. The molecule has 0 saturated heterocycles. The summed E-state index contributed by atoms with van der Waals surface area (Å²) in [6.07, 6.45) is 18.3. The number of nitrogens with zero attached hydrogens (tertiary/aromatic N) is 3. The molecular weight excluding hydrogens is 663 g/mol. The van der Waals surface area contributed by atoms with Crippen LogP contribution >= 0.6 is 9.12 Å². The Bertz CT molecular complexity index is 2270. The SMILES string of the molecule is C=C/C=C(\C=C/C)c1c2c(n(B(F)P)c1/N=C1\N=C(c3c(OC)ccc4ccccc34)C=C1c1ccccc1)C1=C(CC=C(OC)C=C1)CC2.CC. The number of hydrogen-bond donors (Lipinski definition) is 0. The van der Waals surface area contributed by atoms with Gasteiger partial charge < -0.3 is 14.0 Å². The molecule has 0 bridgehead atoms. The predicted octanol–water partition coefficient (Wildman–Crippen LogP) is 11.3. The predicted molar refractivity (Wildman–Crippen MR) is 223 cm³/mol. The molecule has 3 aromatic carbocycles. The molecule has 0 radical (unpaired) electrons. The van der Waals surface area contributed by atoms with E-state index in [0.717, 1.165) is 86.2 Å². The number of methoxy groups -OCH3 is 2. The molecule has 1 aromatic heterocycles. The first-order chi connectivity index (χ1) is 25.5. The van der Waals surface area contributed by atoms with E-state index in [0.29, 0.717) is 17.4 Å². The number of aromatic nitrogens is 1. The average Bonchev–Trinajstić information content (AvgIpc) is 3.66. The minimum absolute atomic E-state index is 0.497. The second-order valence-corrected chi connectivity index (χ2v) is 12.8. The molecule has 1 aliphatic heterocycles. The summed E-state index contributed by atoms with van der Waals surface area (Å²) in [6, 6.07) is 22.3. The van der Waals surface area contributed by atoms with Crippen molar-refractivity contribution in [3.63, 3.8) is 0 Å². The van der Waals surface area contributed by atoms with Gasteiger partial charge >= 0.3 is 6.84 Å². The molecule has 0 fully saturated rings. The Morgan fingerprint density at radius 2 is 1.77 bits per heavy atom. The Kier molecular flexibility index (Phi) is 11.5. The van der Waals surface area contributed by atoms with Crippen LogP contribution in [0.25, 0.3) is 27.5 Å². The van der Waals surface area contributed by atoms with Crippen molar-refractivity contribution in [1.82, 2.24) is 4.48 Å². The lowest BCUT2D eigenvalue weighted by Gasteiger charge is -2.21. The van der Waals surface area contributed by atoms with Gasteiger partial charge in [0.15, 0.2) is 5.84 Å². The molecule has 1 unspecified atom stereocenters. The second kappa shape index (κ2) is 16.4. The van der Waals surface area contributed by atoms with Gasteiger partial charge in [0.1, 0.15) is 17.3 Å². The summed E-state index contributed by atoms with van der Waals surface area (Å²) in [5, 5.41) is 2.10. The largest absolute Gasteiger partial charge is 0.497 e. The molecule has 2 heterocycles. The lowest BCUT2D eigenvalue weighted by atomic mass is 9.85. The van der Waals surface area contributed by atoms with Crippen LogP contribution in [0.1, 0.15) is 61.6 Å². The van der Waals surface area contributed by atoms with Gasteiger partial charge in [0, 0.05) is 16.8 Å². The van der Waals surface area contributed by atoms with E-state index in [1.54, 1.807) is 24.8 Å². The van der Waals surface area contributed by atoms with Crippen molar-refractivity contribution in [2.24, 2.45) is 9.98 Å². The number of aliphatic imine (C=N–C) groups is 2. The van der Waals surface area contributed by atoms with Gasteiger partial charge in [-0.25, -0.2) is 9.98 Å². The molecule has 3 aliphatic rings. The molecule has 1 atom stereocenters. The maximum atomic E-state index is 16.3. The Morgan fingerprint density at radius 1 is 1.00 bits per heavy atom. The van der Waals surface area contributed by atoms with E-state index in [9.17, 15) is 0 Å². The van der Waals surface area contributed by atoms with Crippen molar-refractivity contribution in [2.45, 2.75) is 40.0 Å². The van der Waals surface area contributed by atoms with Gasteiger partial charge in [0.25, 0.3) is 0 Å². The zero-order valence-electron chi connectivity index (χ0n) is 30.5. The highest BCUT2D eigenvalue weighted by Gasteiger charge is 2.34. The van der Waals surface area contributed by atoms with E-state index < -0.39 is 6.84 Å². The lowest BCUT2D eigenvalue weighted by molar-refractivity contribution is 0.305. The molecule has 52 heavy (non-hydrogen) atoms. The van der Waals surface area contributed by atoms with Crippen LogP contribution in [-0.4, -0.2) is 37.1 Å². The van der Waals surface area contributed by atoms with E-state index in [1.807, 2.05) is 81.5 Å². The van der Waals surface area contributed by atoms with Crippen LogP contribution in [0.4, 0.5) is 10.1 Å². The summed E-state index contributed by atoms with van der Waals surface area (Å²) in [5.41, 5.74) is 9.31. The fraction of sp³-hybridized carbons (Fsp3) is 0.182. The van der Waals surface area contributed by atoms with E-state index in [1.165, 1.54) is 5.57 Å². The molecule has 0 spiro atoms. The smallest absolute Gasteiger partial charge is 0.486 e. The molecular formula is C44H44BFN3O2P. The zero-order valence-corrected chi connectivity index (χ0v) is 31.6. The molecule has 8 heteroatoms. The van der Waals surface area contributed by atoms with E-state index in [-0.39, 0.29) is 0 Å². The second-order valence-electron chi connectivity index (χ2n) is 12.2.